The summed E-state index contributed by atoms with van der Waals surface area (Å²) >= 11 is 6.03. The van der Waals surface area contributed by atoms with E-state index >= 15 is 0 Å². The number of fused-ring (bicyclic) bond motifs is 1. The molecule has 1 aromatic rings. The number of rotatable bonds is 2. The van der Waals surface area contributed by atoms with Crippen molar-refractivity contribution < 1.29 is 9.53 Å². The van der Waals surface area contributed by atoms with Gasteiger partial charge in [-0.2, -0.15) is 0 Å². The van der Waals surface area contributed by atoms with Crippen molar-refractivity contribution in [3.05, 3.63) is 28.8 Å². The number of ether oxygens (including phenoxy) is 1. The van der Waals surface area contributed by atoms with Gasteiger partial charge in [-0.25, -0.2) is 0 Å². The zero-order chi connectivity index (χ0) is 14.8. The number of hydrogen-bond donors (Lipinski definition) is 1. The third kappa shape index (κ3) is 3.67. The number of piperidine rings is 1. The molecule has 2 heterocycles. The molecule has 1 aromatic carbocycles. The first-order valence-corrected chi connectivity index (χ1v) is 7.92. The molecule has 1 saturated heterocycles. The zero-order valence-electron chi connectivity index (χ0n) is 12.7. The molecule has 122 valence electrons. The quantitative estimate of drug-likeness (QED) is 0.896. The first-order valence-electron chi connectivity index (χ1n) is 7.54. The Hall–Kier alpha value is -0.970. The lowest BCUT2D eigenvalue weighted by Gasteiger charge is -2.35. The van der Waals surface area contributed by atoms with Crippen LogP contribution in [0.25, 0.3) is 0 Å². The standard InChI is InChI=1S/C16H21ClN2O2.ClH/c1-18-14-4-6-19(7-5-14)16(20)12-8-11-9-13(17)2-3-15(11)21-10-12;/h2-3,9,12,14,18H,4-8,10H2,1H3;1H. The molecule has 1 fully saturated rings. The summed E-state index contributed by atoms with van der Waals surface area (Å²) in [5.74, 6) is 0.995. The second-order valence-electron chi connectivity index (χ2n) is 5.85. The third-order valence-corrected chi connectivity index (χ3v) is 4.73. The number of likely N-dealkylation sites (tertiary alicyclic amines) is 1. The summed E-state index contributed by atoms with van der Waals surface area (Å²) in [4.78, 5) is 14.6. The monoisotopic (exact) mass is 344 g/mol. The van der Waals surface area contributed by atoms with Crippen LogP contribution in [0.15, 0.2) is 18.2 Å². The Morgan fingerprint density at radius 1 is 1.36 bits per heavy atom. The van der Waals surface area contributed by atoms with E-state index in [1.165, 1.54) is 0 Å². The highest BCUT2D eigenvalue weighted by atomic mass is 35.5. The maximum absolute atomic E-state index is 12.6. The van der Waals surface area contributed by atoms with Gasteiger partial charge in [-0.3, -0.25) is 4.79 Å². The van der Waals surface area contributed by atoms with E-state index in [1.54, 1.807) is 0 Å². The molecule has 0 radical (unpaired) electrons. The van der Waals surface area contributed by atoms with Gasteiger partial charge in [-0.15, -0.1) is 12.4 Å². The van der Waals surface area contributed by atoms with Crippen LogP contribution in [0.4, 0.5) is 0 Å². The Labute approximate surface area is 142 Å². The first-order chi connectivity index (χ1) is 10.2. The molecule has 0 saturated carbocycles. The number of amides is 1. The predicted octanol–water partition coefficient (Wildman–Crippen LogP) is 2.52. The van der Waals surface area contributed by atoms with Crippen molar-refractivity contribution in [3.8, 4) is 5.75 Å². The minimum Gasteiger partial charge on any atom is -0.492 e. The lowest BCUT2D eigenvalue weighted by atomic mass is 9.94. The van der Waals surface area contributed by atoms with E-state index in [0.29, 0.717) is 17.7 Å². The number of nitrogens with zero attached hydrogens (tertiary/aromatic N) is 1. The van der Waals surface area contributed by atoms with Crippen molar-refractivity contribution in [1.82, 2.24) is 10.2 Å². The highest BCUT2D eigenvalue weighted by Crippen LogP contribution is 2.30. The Bertz CT molecular complexity index is 531. The topological polar surface area (TPSA) is 41.6 Å². The minimum atomic E-state index is -0.0814. The van der Waals surface area contributed by atoms with E-state index < -0.39 is 0 Å². The zero-order valence-corrected chi connectivity index (χ0v) is 14.3. The fraction of sp³-hybridized carbons (Fsp3) is 0.562. The molecule has 0 spiro atoms. The van der Waals surface area contributed by atoms with Gasteiger partial charge >= 0.3 is 0 Å². The van der Waals surface area contributed by atoms with E-state index in [9.17, 15) is 4.79 Å². The molecule has 1 unspecified atom stereocenters. The predicted molar refractivity (Wildman–Crippen MR) is 90.1 cm³/mol. The van der Waals surface area contributed by atoms with Crippen molar-refractivity contribution in [2.45, 2.75) is 25.3 Å². The molecule has 0 aliphatic carbocycles. The summed E-state index contributed by atoms with van der Waals surface area (Å²) in [7, 11) is 1.98. The summed E-state index contributed by atoms with van der Waals surface area (Å²) in [6.45, 7) is 2.14. The minimum absolute atomic E-state index is 0. The Kier molecular flexibility index (Phi) is 5.95. The van der Waals surface area contributed by atoms with Gasteiger partial charge in [-0.05, 0) is 50.1 Å². The molecule has 3 rings (SSSR count). The molecular weight excluding hydrogens is 323 g/mol. The van der Waals surface area contributed by atoms with Crippen LogP contribution in [0.1, 0.15) is 18.4 Å². The van der Waals surface area contributed by atoms with Gasteiger partial charge in [0.25, 0.3) is 0 Å². The van der Waals surface area contributed by atoms with Gasteiger partial charge in [0, 0.05) is 24.2 Å². The smallest absolute Gasteiger partial charge is 0.229 e. The first kappa shape index (κ1) is 17.4. The van der Waals surface area contributed by atoms with Crippen LogP contribution in [0, 0.1) is 5.92 Å². The van der Waals surface area contributed by atoms with Crippen LogP contribution in [0.3, 0.4) is 0 Å². The van der Waals surface area contributed by atoms with Gasteiger partial charge in [0.05, 0.1) is 5.92 Å². The summed E-state index contributed by atoms with van der Waals surface area (Å²) in [5, 5.41) is 3.98. The van der Waals surface area contributed by atoms with E-state index in [-0.39, 0.29) is 24.2 Å². The molecule has 6 heteroatoms. The SMILES string of the molecule is CNC1CCN(C(=O)C2COc3ccc(Cl)cc3C2)CC1.Cl. The fourth-order valence-electron chi connectivity index (χ4n) is 3.17. The number of hydrogen-bond acceptors (Lipinski definition) is 3. The van der Waals surface area contributed by atoms with Gasteiger partial charge < -0.3 is 15.0 Å². The number of carbonyl (C=O) groups excluding carboxylic acids is 1. The maximum atomic E-state index is 12.6. The van der Waals surface area contributed by atoms with Crippen molar-refractivity contribution in [2.75, 3.05) is 26.7 Å². The van der Waals surface area contributed by atoms with Crippen LogP contribution in [0.5, 0.6) is 5.75 Å². The second kappa shape index (κ2) is 7.53. The number of carbonyl (C=O) groups is 1. The number of benzene rings is 1. The van der Waals surface area contributed by atoms with E-state index in [0.717, 1.165) is 43.7 Å². The van der Waals surface area contributed by atoms with Crippen LogP contribution < -0.4 is 10.1 Å². The maximum Gasteiger partial charge on any atom is 0.229 e. The molecule has 2 aliphatic heterocycles. The lowest BCUT2D eigenvalue weighted by molar-refractivity contribution is -0.138. The van der Waals surface area contributed by atoms with Crippen molar-refractivity contribution in [1.29, 1.82) is 0 Å². The van der Waals surface area contributed by atoms with Gasteiger partial charge in [0.1, 0.15) is 12.4 Å². The molecule has 1 atom stereocenters. The largest absolute Gasteiger partial charge is 0.492 e. The third-order valence-electron chi connectivity index (χ3n) is 4.49. The van der Waals surface area contributed by atoms with Crippen LogP contribution in [-0.2, 0) is 11.2 Å². The van der Waals surface area contributed by atoms with Crippen molar-refractivity contribution in [2.24, 2.45) is 5.92 Å². The van der Waals surface area contributed by atoms with Crippen LogP contribution in [-0.4, -0.2) is 43.6 Å². The summed E-state index contributed by atoms with van der Waals surface area (Å²) < 4.78 is 5.73. The van der Waals surface area contributed by atoms with Crippen molar-refractivity contribution >= 4 is 29.9 Å². The van der Waals surface area contributed by atoms with Gasteiger partial charge in [0.2, 0.25) is 5.91 Å². The summed E-state index contributed by atoms with van der Waals surface area (Å²) in [5.41, 5.74) is 1.04. The molecule has 1 N–H and O–H groups in total. The van der Waals surface area contributed by atoms with Gasteiger partial charge in [0.15, 0.2) is 0 Å². The van der Waals surface area contributed by atoms with Crippen molar-refractivity contribution in [3.63, 3.8) is 0 Å². The average molecular weight is 345 g/mol. The van der Waals surface area contributed by atoms with E-state index in [1.807, 2.05) is 30.1 Å². The molecule has 4 nitrogen and oxygen atoms in total. The average Bonchev–Trinajstić information content (AvgIpc) is 2.53. The highest BCUT2D eigenvalue weighted by Gasteiger charge is 2.31. The van der Waals surface area contributed by atoms with E-state index in [2.05, 4.69) is 5.32 Å². The molecule has 1 amide bonds. The Morgan fingerprint density at radius 2 is 2.09 bits per heavy atom. The molecular formula is C16H22Cl2N2O2. The Balaban J connectivity index is 0.00000176. The van der Waals surface area contributed by atoms with E-state index in [4.69, 9.17) is 16.3 Å². The molecule has 0 bridgehead atoms. The molecule has 0 aromatic heterocycles. The summed E-state index contributed by atoms with van der Waals surface area (Å²) in [6.07, 6.45) is 2.77. The van der Waals surface area contributed by atoms with Crippen LogP contribution in [0.2, 0.25) is 5.02 Å². The van der Waals surface area contributed by atoms with Crippen LogP contribution >= 0.6 is 24.0 Å². The normalized spacial score (nSPS) is 21.5. The van der Waals surface area contributed by atoms with Gasteiger partial charge in [-0.1, -0.05) is 11.6 Å². The highest BCUT2D eigenvalue weighted by molar-refractivity contribution is 6.30. The second-order valence-corrected chi connectivity index (χ2v) is 6.29. The number of nitrogens with one attached hydrogen (secondary N) is 1. The Morgan fingerprint density at radius 3 is 2.77 bits per heavy atom. The summed E-state index contributed by atoms with van der Waals surface area (Å²) in [6, 6.07) is 6.15. The lowest BCUT2D eigenvalue weighted by Crippen LogP contribution is -2.47. The molecule has 22 heavy (non-hydrogen) atoms. The fourth-order valence-corrected chi connectivity index (χ4v) is 3.36. The number of halogens is 2. The molecule has 2 aliphatic rings.